The van der Waals surface area contributed by atoms with Crippen LogP contribution in [-0.4, -0.2) is 20.6 Å². The van der Waals surface area contributed by atoms with Gasteiger partial charge < -0.3 is 9.67 Å². The Hall–Kier alpha value is -2.17. The monoisotopic (exact) mass is 274 g/mol. The Kier molecular flexibility index (Phi) is 3.04. The van der Waals surface area contributed by atoms with Crippen molar-refractivity contribution in [3.63, 3.8) is 0 Å². The first-order chi connectivity index (χ1) is 9.58. The zero-order chi connectivity index (χ0) is 14.3. The van der Waals surface area contributed by atoms with Gasteiger partial charge in [0, 0.05) is 12.1 Å². The SMILES string of the molecule is CC1CCCn2c(-c3ccc(F)cc3)nc(C(=O)O)c21. The van der Waals surface area contributed by atoms with Crippen molar-refractivity contribution in [2.45, 2.75) is 32.2 Å². The second-order valence-electron chi connectivity index (χ2n) is 5.18. The molecule has 2 aromatic rings. The van der Waals surface area contributed by atoms with Crippen LogP contribution in [0.15, 0.2) is 24.3 Å². The Morgan fingerprint density at radius 2 is 2.10 bits per heavy atom. The molecule has 1 aliphatic rings. The average Bonchev–Trinajstić information content (AvgIpc) is 2.81. The van der Waals surface area contributed by atoms with Crippen LogP contribution < -0.4 is 0 Å². The van der Waals surface area contributed by atoms with Gasteiger partial charge in [-0.25, -0.2) is 14.2 Å². The van der Waals surface area contributed by atoms with Crippen LogP contribution in [-0.2, 0) is 6.54 Å². The first-order valence-corrected chi connectivity index (χ1v) is 6.67. The van der Waals surface area contributed by atoms with E-state index in [9.17, 15) is 14.3 Å². The van der Waals surface area contributed by atoms with Crippen LogP contribution in [0.1, 0.15) is 41.9 Å². The number of halogens is 1. The van der Waals surface area contributed by atoms with Crippen LogP contribution in [0.4, 0.5) is 4.39 Å². The third-order valence-electron chi connectivity index (χ3n) is 3.80. The Balaban J connectivity index is 2.19. The van der Waals surface area contributed by atoms with Crippen molar-refractivity contribution in [3.05, 3.63) is 41.5 Å². The van der Waals surface area contributed by atoms with Gasteiger partial charge in [0.05, 0.1) is 5.69 Å². The number of carboxylic acid groups (broad SMARTS) is 1. The van der Waals surface area contributed by atoms with E-state index < -0.39 is 5.97 Å². The fraction of sp³-hybridized carbons (Fsp3) is 0.333. The van der Waals surface area contributed by atoms with E-state index in [1.165, 1.54) is 12.1 Å². The lowest BCUT2D eigenvalue weighted by Crippen LogP contribution is -2.16. The van der Waals surface area contributed by atoms with Crippen LogP contribution >= 0.6 is 0 Å². The predicted molar refractivity (Wildman–Crippen MR) is 72.2 cm³/mol. The van der Waals surface area contributed by atoms with Gasteiger partial charge >= 0.3 is 5.97 Å². The summed E-state index contributed by atoms with van der Waals surface area (Å²) in [5.41, 5.74) is 1.65. The molecular weight excluding hydrogens is 259 g/mol. The summed E-state index contributed by atoms with van der Waals surface area (Å²) in [6.07, 6.45) is 1.96. The molecule has 0 saturated heterocycles. The predicted octanol–water partition coefficient (Wildman–Crippen LogP) is 3.28. The van der Waals surface area contributed by atoms with E-state index in [1.807, 2.05) is 11.5 Å². The topological polar surface area (TPSA) is 55.1 Å². The summed E-state index contributed by atoms with van der Waals surface area (Å²) in [5, 5.41) is 9.33. The van der Waals surface area contributed by atoms with Crippen LogP contribution in [0, 0.1) is 5.82 Å². The molecule has 1 unspecified atom stereocenters. The van der Waals surface area contributed by atoms with Gasteiger partial charge in [-0.05, 0) is 43.0 Å². The van der Waals surface area contributed by atoms with Crippen molar-refractivity contribution in [3.8, 4) is 11.4 Å². The summed E-state index contributed by atoms with van der Waals surface area (Å²) >= 11 is 0. The summed E-state index contributed by atoms with van der Waals surface area (Å²) in [6.45, 7) is 2.78. The second-order valence-corrected chi connectivity index (χ2v) is 5.18. The number of carbonyl (C=O) groups is 1. The fourth-order valence-corrected chi connectivity index (χ4v) is 2.86. The van der Waals surface area contributed by atoms with Crippen LogP contribution in [0.25, 0.3) is 11.4 Å². The maximum atomic E-state index is 13.0. The van der Waals surface area contributed by atoms with Crippen molar-refractivity contribution >= 4 is 5.97 Å². The van der Waals surface area contributed by atoms with Crippen molar-refractivity contribution in [1.82, 2.24) is 9.55 Å². The van der Waals surface area contributed by atoms with E-state index in [1.54, 1.807) is 12.1 Å². The molecule has 1 aromatic carbocycles. The van der Waals surface area contributed by atoms with Gasteiger partial charge in [-0.1, -0.05) is 6.92 Å². The van der Waals surface area contributed by atoms with Crippen molar-refractivity contribution < 1.29 is 14.3 Å². The molecule has 4 nitrogen and oxygen atoms in total. The summed E-state index contributed by atoms with van der Waals surface area (Å²) in [6, 6.07) is 6.00. The number of imidazole rings is 1. The molecular formula is C15H15FN2O2. The molecule has 0 saturated carbocycles. The maximum Gasteiger partial charge on any atom is 0.356 e. The first-order valence-electron chi connectivity index (χ1n) is 6.67. The molecule has 0 bridgehead atoms. The molecule has 2 heterocycles. The molecule has 104 valence electrons. The number of fused-ring (bicyclic) bond motifs is 1. The minimum Gasteiger partial charge on any atom is -0.476 e. The van der Waals surface area contributed by atoms with Gasteiger partial charge in [-0.3, -0.25) is 0 Å². The largest absolute Gasteiger partial charge is 0.476 e. The van der Waals surface area contributed by atoms with Crippen molar-refractivity contribution in [2.75, 3.05) is 0 Å². The van der Waals surface area contributed by atoms with Gasteiger partial charge in [0.2, 0.25) is 0 Å². The zero-order valence-corrected chi connectivity index (χ0v) is 11.1. The lowest BCUT2D eigenvalue weighted by atomic mass is 9.96. The molecule has 0 amide bonds. The first kappa shape index (κ1) is 12.8. The Labute approximate surface area is 115 Å². The molecule has 1 N–H and O–H groups in total. The molecule has 5 heteroatoms. The number of rotatable bonds is 2. The third kappa shape index (κ3) is 1.99. The summed E-state index contributed by atoms with van der Waals surface area (Å²) in [4.78, 5) is 15.7. The highest BCUT2D eigenvalue weighted by atomic mass is 19.1. The van der Waals surface area contributed by atoms with E-state index in [4.69, 9.17) is 0 Å². The minimum absolute atomic E-state index is 0.122. The molecule has 0 fully saturated rings. The molecule has 20 heavy (non-hydrogen) atoms. The molecule has 0 radical (unpaired) electrons. The highest BCUT2D eigenvalue weighted by Crippen LogP contribution is 2.34. The fourth-order valence-electron chi connectivity index (χ4n) is 2.86. The Morgan fingerprint density at radius 3 is 2.75 bits per heavy atom. The quantitative estimate of drug-likeness (QED) is 0.914. The average molecular weight is 274 g/mol. The van der Waals surface area contributed by atoms with Gasteiger partial charge in [-0.2, -0.15) is 0 Å². The lowest BCUT2D eigenvalue weighted by Gasteiger charge is -2.22. The summed E-state index contributed by atoms with van der Waals surface area (Å²) < 4.78 is 15.0. The second kappa shape index (κ2) is 4.74. The zero-order valence-electron chi connectivity index (χ0n) is 11.1. The maximum absolute atomic E-state index is 13.0. The third-order valence-corrected chi connectivity index (χ3v) is 3.80. The number of nitrogens with zero attached hydrogens (tertiary/aromatic N) is 2. The van der Waals surface area contributed by atoms with Gasteiger partial charge in [0.1, 0.15) is 11.6 Å². The van der Waals surface area contributed by atoms with Gasteiger partial charge in [-0.15, -0.1) is 0 Å². The minimum atomic E-state index is -1.00. The summed E-state index contributed by atoms with van der Waals surface area (Å²) in [7, 11) is 0. The van der Waals surface area contributed by atoms with Crippen molar-refractivity contribution in [1.29, 1.82) is 0 Å². The van der Waals surface area contributed by atoms with E-state index >= 15 is 0 Å². The van der Waals surface area contributed by atoms with Crippen molar-refractivity contribution in [2.24, 2.45) is 0 Å². The van der Waals surface area contributed by atoms with E-state index in [0.29, 0.717) is 5.82 Å². The molecule has 1 aliphatic heterocycles. The molecule has 1 aromatic heterocycles. The smallest absolute Gasteiger partial charge is 0.356 e. The molecule has 3 rings (SSSR count). The highest BCUT2D eigenvalue weighted by Gasteiger charge is 2.28. The normalized spacial score (nSPS) is 17.8. The number of carboxylic acids is 1. The Bertz CT molecular complexity index is 661. The highest BCUT2D eigenvalue weighted by molar-refractivity contribution is 5.88. The molecule has 0 aliphatic carbocycles. The summed E-state index contributed by atoms with van der Waals surface area (Å²) in [5.74, 6) is -0.526. The van der Waals surface area contributed by atoms with Gasteiger partial charge in [0.15, 0.2) is 5.69 Å². The van der Waals surface area contributed by atoms with Gasteiger partial charge in [0.25, 0.3) is 0 Å². The van der Waals surface area contributed by atoms with Crippen LogP contribution in [0.3, 0.4) is 0 Å². The number of aromatic carboxylic acids is 1. The van der Waals surface area contributed by atoms with Crippen LogP contribution in [0.5, 0.6) is 0 Å². The van der Waals surface area contributed by atoms with E-state index in [2.05, 4.69) is 4.98 Å². The van der Waals surface area contributed by atoms with E-state index in [0.717, 1.165) is 30.6 Å². The standard InChI is InChI=1S/C15H15FN2O2/c1-9-3-2-8-18-13(9)12(15(19)20)17-14(18)10-4-6-11(16)7-5-10/h4-7,9H,2-3,8H2,1H3,(H,19,20). The lowest BCUT2D eigenvalue weighted by molar-refractivity contribution is 0.0688. The number of hydrogen-bond donors (Lipinski definition) is 1. The molecule has 0 spiro atoms. The van der Waals surface area contributed by atoms with E-state index in [-0.39, 0.29) is 17.4 Å². The molecule has 1 atom stereocenters. The van der Waals surface area contributed by atoms with Crippen LogP contribution in [0.2, 0.25) is 0 Å². The number of aromatic nitrogens is 2. The number of hydrogen-bond acceptors (Lipinski definition) is 2. The Morgan fingerprint density at radius 1 is 1.40 bits per heavy atom. The number of benzene rings is 1.